The first-order valence-corrected chi connectivity index (χ1v) is 4.51. The zero-order chi connectivity index (χ0) is 10.4. The van der Waals surface area contributed by atoms with Crippen molar-refractivity contribution in [3.05, 3.63) is 0 Å². The van der Waals surface area contributed by atoms with Gasteiger partial charge in [-0.15, -0.1) is 0 Å². The molecule has 13 heavy (non-hydrogen) atoms. The summed E-state index contributed by atoms with van der Waals surface area (Å²) in [5.74, 6) is 0.463. The predicted molar refractivity (Wildman–Crippen MR) is 49.4 cm³/mol. The van der Waals surface area contributed by atoms with E-state index < -0.39 is 0 Å². The maximum atomic E-state index is 10.6. The van der Waals surface area contributed by atoms with Crippen LogP contribution in [0.4, 0.5) is 0 Å². The Labute approximate surface area is 78.5 Å². The second-order valence-electron chi connectivity index (χ2n) is 3.34. The smallest absolute Gasteiger partial charge is 0.143 e. The molecule has 3 heteroatoms. The molecule has 1 aliphatic rings. The number of hydrogen-bond acceptors (Lipinski definition) is 3. The van der Waals surface area contributed by atoms with Crippen molar-refractivity contribution < 1.29 is 14.4 Å². The fourth-order valence-corrected chi connectivity index (χ4v) is 0.896. The molecule has 1 atom stereocenters. The summed E-state index contributed by atoms with van der Waals surface area (Å²) in [6.07, 6.45) is 1.32. The van der Waals surface area contributed by atoms with Crippen LogP contribution in [-0.2, 0) is 14.4 Å². The third-order valence-electron chi connectivity index (χ3n) is 1.95. The van der Waals surface area contributed by atoms with Crippen molar-refractivity contribution in [3.8, 4) is 0 Å². The van der Waals surface area contributed by atoms with Crippen molar-refractivity contribution in [1.82, 2.24) is 0 Å². The molecule has 1 aliphatic carbocycles. The lowest BCUT2D eigenvalue weighted by Crippen LogP contribution is -1.98. The van der Waals surface area contributed by atoms with E-state index in [1.165, 1.54) is 0 Å². The van der Waals surface area contributed by atoms with Gasteiger partial charge in [-0.2, -0.15) is 0 Å². The molecule has 0 aliphatic heterocycles. The van der Waals surface area contributed by atoms with Gasteiger partial charge in [0.2, 0.25) is 0 Å². The predicted octanol–water partition coefficient (Wildman–Crippen LogP) is 1.54. The summed E-state index contributed by atoms with van der Waals surface area (Å²) < 4.78 is 0. The van der Waals surface area contributed by atoms with E-state index in [2.05, 4.69) is 0 Å². The van der Waals surface area contributed by atoms with Crippen LogP contribution in [0.15, 0.2) is 0 Å². The molecular weight excluding hydrogens is 168 g/mol. The van der Waals surface area contributed by atoms with Crippen LogP contribution < -0.4 is 0 Å². The van der Waals surface area contributed by atoms with E-state index in [1.54, 1.807) is 13.8 Å². The zero-order valence-electron chi connectivity index (χ0n) is 8.42. The first kappa shape index (κ1) is 12.0. The van der Waals surface area contributed by atoms with Crippen molar-refractivity contribution in [2.45, 2.75) is 40.0 Å². The lowest BCUT2D eigenvalue weighted by Gasteiger charge is -1.89. The summed E-state index contributed by atoms with van der Waals surface area (Å²) in [6.45, 7) is 5.23. The van der Waals surface area contributed by atoms with E-state index in [0.717, 1.165) is 0 Å². The normalized spacial score (nSPS) is 21.0. The highest BCUT2D eigenvalue weighted by molar-refractivity contribution is 6.06. The van der Waals surface area contributed by atoms with Gasteiger partial charge >= 0.3 is 0 Å². The van der Waals surface area contributed by atoms with Crippen LogP contribution in [-0.4, -0.2) is 17.3 Å². The largest absolute Gasteiger partial charge is 0.300 e. The molecule has 0 bridgehead atoms. The lowest BCUT2D eigenvalue weighted by molar-refractivity contribution is -0.122. The fourth-order valence-electron chi connectivity index (χ4n) is 0.896. The molecule has 0 saturated heterocycles. The van der Waals surface area contributed by atoms with E-state index >= 15 is 0 Å². The fraction of sp³-hybridized carbons (Fsp3) is 0.700. The van der Waals surface area contributed by atoms with E-state index in [1.807, 2.05) is 6.92 Å². The maximum absolute atomic E-state index is 10.6. The highest BCUT2D eigenvalue weighted by atomic mass is 16.2. The molecule has 0 radical (unpaired) electrons. The minimum atomic E-state index is 0.00231. The van der Waals surface area contributed by atoms with Gasteiger partial charge in [0.1, 0.15) is 17.3 Å². The number of carbonyl (C=O) groups excluding carboxylic acids is 3. The summed E-state index contributed by atoms with van der Waals surface area (Å²) in [5.41, 5.74) is 0. The first-order chi connectivity index (χ1) is 5.97. The molecule has 3 nitrogen and oxygen atoms in total. The van der Waals surface area contributed by atoms with Crippen molar-refractivity contribution in [2.75, 3.05) is 0 Å². The summed E-state index contributed by atoms with van der Waals surface area (Å²) in [4.78, 5) is 30.8. The molecule has 74 valence electrons. The average molecular weight is 184 g/mol. The second kappa shape index (κ2) is 5.62. The van der Waals surface area contributed by atoms with Crippen molar-refractivity contribution in [3.63, 3.8) is 0 Å². The Morgan fingerprint density at radius 3 is 2.00 bits per heavy atom. The molecule has 0 aromatic rings. The summed E-state index contributed by atoms with van der Waals surface area (Å²) in [6, 6.07) is 0. The highest BCUT2D eigenvalue weighted by Crippen LogP contribution is 2.16. The Morgan fingerprint density at radius 1 is 1.46 bits per heavy atom. The van der Waals surface area contributed by atoms with Crippen LogP contribution >= 0.6 is 0 Å². The molecule has 0 aromatic carbocycles. The summed E-state index contributed by atoms with van der Waals surface area (Å²) >= 11 is 0. The van der Waals surface area contributed by atoms with Crippen molar-refractivity contribution in [1.29, 1.82) is 0 Å². The maximum Gasteiger partial charge on any atom is 0.143 e. The van der Waals surface area contributed by atoms with Crippen LogP contribution in [0.25, 0.3) is 0 Å². The van der Waals surface area contributed by atoms with E-state index in [-0.39, 0.29) is 29.7 Å². The minimum Gasteiger partial charge on any atom is -0.300 e. The number of hydrogen-bond donors (Lipinski definition) is 0. The third-order valence-corrected chi connectivity index (χ3v) is 1.95. The molecule has 0 N–H and O–H groups in total. The Bertz CT molecular complexity index is 218. The molecule has 1 rings (SSSR count). The summed E-state index contributed by atoms with van der Waals surface area (Å²) in [5, 5.41) is 0. The van der Waals surface area contributed by atoms with E-state index in [9.17, 15) is 14.4 Å². The Morgan fingerprint density at radius 2 is 1.92 bits per heavy atom. The number of carbonyl (C=O) groups is 3. The van der Waals surface area contributed by atoms with Gasteiger partial charge in [0.25, 0.3) is 0 Å². The van der Waals surface area contributed by atoms with Crippen molar-refractivity contribution >= 4 is 17.3 Å². The van der Waals surface area contributed by atoms with Gasteiger partial charge in [0.15, 0.2) is 0 Å². The third kappa shape index (κ3) is 5.28. The van der Waals surface area contributed by atoms with Gasteiger partial charge < -0.3 is 4.79 Å². The highest BCUT2D eigenvalue weighted by Gasteiger charge is 2.26. The van der Waals surface area contributed by atoms with Crippen LogP contribution in [0.3, 0.4) is 0 Å². The molecule has 0 aromatic heterocycles. The van der Waals surface area contributed by atoms with Crippen LogP contribution in [0.2, 0.25) is 0 Å². The van der Waals surface area contributed by atoms with Gasteiger partial charge in [-0.1, -0.05) is 13.8 Å². The number of Topliss-reactive ketones (excluding diaryl/α,β-unsaturated/α-hetero) is 3. The van der Waals surface area contributed by atoms with Crippen LogP contribution in [0.1, 0.15) is 40.0 Å². The van der Waals surface area contributed by atoms with Crippen molar-refractivity contribution in [2.24, 2.45) is 5.92 Å². The standard InChI is InChI=1S/C6H8O2.C4H8O/c1-4-2-5(7)3-6(4)8;1-3-4(2)5/h4H,2-3H2,1H3;3H2,1-2H3. The van der Waals surface area contributed by atoms with Gasteiger partial charge in [-0.25, -0.2) is 0 Å². The SMILES string of the molecule is CC1CC(=O)CC1=O.CCC(C)=O. The summed E-state index contributed by atoms with van der Waals surface area (Å²) in [7, 11) is 0. The molecule has 0 amide bonds. The quantitative estimate of drug-likeness (QED) is 0.581. The minimum absolute atomic E-state index is 0.00231. The van der Waals surface area contributed by atoms with Crippen LogP contribution in [0.5, 0.6) is 0 Å². The molecule has 0 spiro atoms. The van der Waals surface area contributed by atoms with Gasteiger partial charge in [0.05, 0.1) is 6.42 Å². The first-order valence-electron chi connectivity index (χ1n) is 4.51. The van der Waals surface area contributed by atoms with Gasteiger partial charge in [0, 0.05) is 18.8 Å². The monoisotopic (exact) mass is 184 g/mol. The number of ketones is 3. The zero-order valence-corrected chi connectivity index (χ0v) is 8.42. The molecule has 1 saturated carbocycles. The average Bonchev–Trinajstić information content (AvgIpc) is 2.31. The number of rotatable bonds is 1. The van der Waals surface area contributed by atoms with Crippen LogP contribution in [0, 0.1) is 5.92 Å². The Kier molecular flexibility index (Phi) is 5.19. The Hall–Kier alpha value is -0.990. The Balaban J connectivity index is 0.000000252. The molecular formula is C10H16O3. The van der Waals surface area contributed by atoms with Gasteiger partial charge in [-0.05, 0) is 6.92 Å². The topological polar surface area (TPSA) is 51.2 Å². The second-order valence-corrected chi connectivity index (χ2v) is 3.34. The van der Waals surface area contributed by atoms with E-state index in [4.69, 9.17) is 0 Å². The lowest BCUT2D eigenvalue weighted by atomic mass is 10.1. The van der Waals surface area contributed by atoms with E-state index in [0.29, 0.717) is 12.8 Å². The molecule has 1 unspecified atom stereocenters. The molecule has 0 heterocycles. The molecule has 1 fully saturated rings. The van der Waals surface area contributed by atoms with Gasteiger partial charge in [-0.3, -0.25) is 9.59 Å².